The van der Waals surface area contributed by atoms with Gasteiger partial charge in [-0.3, -0.25) is 0 Å². The Labute approximate surface area is 196 Å². The van der Waals surface area contributed by atoms with Crippen molar-refractivity contribution in [1.82, 2.24) is 0 Å². The summed E-state index contributed by atoms with van der Waals surface area (Å²) in [5, 5.41) is 6.39. The summed E-state index contributed by atoms with van der Waals surface area (Å²) >= 11 is 3.04. The lowest BCUT2D eigenvalue weighted by Crippen LogP contribution is -2.16. The number of hydrogen-bond acceptors (Lipinski definition) is 3. The summed E-state index contributed by atoms with van der Waals surface area (Å²) in [7, 11) is 0. The van der Waals surface area contributed by atoms with Gasteiger partial charge in [-0.25, -0.2) is 0 Å². The second-order valence-electron chi connectivity index (χ2n) is 6.73. The summed E-state index contributed by atoms with van der Waals surface area (Å²) in [4.78, 5) is 2.26. The van der Waals surface area contributed by atoms with Gasteiger partial charge in [0.15, 0.2) is 0 Å². The van der Waals surface area contributed by atoms with Gasteiger partial charge in [0.05, 0.1) is 0 Å². The first kappa shape index (κ1) is 25.0. The lowest BCUT2D eigenvalue weighted by Gasteiger charge is -2.12. The number of ether oxygens (including phenoxy) is 1. The highest BCUT2D eigenvalue weighted by molar-refractivity contribution is 8.04. The van der Waals surface area contributed by atoms with Crippen LogP contribution in [0.3, 0.4) is 0 Å². The smallest absolute Gasteiger partial charge is 0.139 e. The molecular weight excluding hydrogens is 416 g/mol. The molecule has 0 aliphatic rings. The fourth-order valence-electron chi connectivity index (χ4n) is 2.46. The minimum Gasteiger partial charge on any atom is -0.341 e. The van der Waals surface area contributed by atoms with E-state index in [1.165, 1.54) is 23.5 Å². The third-order valence-corrected chi connectivity index (χ3v) is 5.51. The highest BCUT2D eigenvalue weighted by Crippen LogP contribution is 2.17. The Balaban J connectivity index is 2.10. The van der Waals surface area contributed by atoms with E-state index in [0.29, 0.717) is 0 Å². The molecule has 2 atom stereocenters. The van der Waals surface area contributed by atoms with Gasteiger partial charge in [-0.1, -0.05) is 87.1 Å². The van der Waals surface area contributed by atoms with Crippen molar-refractivity contribution in [1.29, 1.82) is 0 Å². The molecule has 0 N–H and O–H groups in total. The van der Waals surface area contributed by atoms with Crippen molar-refractivity contribution in [2.45, 2.75) is 61.5 Å². The predicted molar refractivity (Wildman–Crippen MR) is 137 cm³/mol. The van der Waals surface area contributed by atoms with Crippen LogP contribution >= 0.6 is 23.5 Å². The zero-order chi connectivity index (χ0) is 22.0. The first-order valence-corrected chi connectivity index (χ1v) is 12.4. The number of hydrogen-bond donors (Lipinski definition) is 0. The quantitative estimate of drug-likeness (QED) is 0.208. The van der Waals surface area contributed by atoms with E-state index in [0.717, 1.165) is 35.5 Å². The molecule has 0 fully saturated rings. The molecule has 0 aliphatic heterocycles. The van der Waals surface area contributed by atoms with Crippen molar-refractivity contribution in [2.75, 3.05) is 0 Å². The van der Waals surface area contributed by atoms with E-state index in [-0.39, 0.29) is 12.2 Å². The number of allylic oxidation sites excluding steroid dienone is 2. The van der Waals surface area contributed by atoms with Crippen LogP contribution in [0.5, 0.6) is 0 Å². The van der Waals surface area contributed by atoms with Crippen molar-refractivity contribution >= 4 is 23.5 Å². The standard InChI is InChI=1S/C28H30OS2/c1-3-5-9-15-25(21-23-30-27-17-11-7-12-18-27)29-26(16-10-6-4-2)22-24-31-28-19-13-8-14-20-28/h7-20,25-26H,3-6H2,1-2H3/b15-9+,16-10+. The Kier molecular flexibility index (Phi) is 13.2. The molecule has 2 unspecified atom stereocenters. The van der Waals surface area contributed by atoms with Crippen LogP contribution in [-0.2, 0) is 4.74 Å². The lowest BCUT2D eigenvalue weighted by molar-refractivity contribution is 0.107. The number of benzene rings is 2. The summed E-state index contributed by atoms with van der Waals surface area (Å²) in [5.41, 5.74) is 0. The summed E-state index contributed by atoms with van der Waals surface area (Å²) in [5.74, 6) is 6.50. The predicted octanol–water partition coefficient (Wildman–Crippen LogP) is 7.96. The Bertz CT molecular complexity index is 834. The molecule has 0 bridgehead atoms. The summed E-state index contributed by atoms with van der Waals surface area (Å²) < 4.78 is 6.27. The monoisotopic (exact) mass is 446 g/mol. The Hall–Kier alpha value is -2.30. The zero-order valence-corrected chi connectivity index (χ0v) is 19.9. The second kappa shape index (κ2) is 16.4. The van der Waals surface area contributed by atoms with Gasteiger partial charge in [0.25, 0.3) is 0 Å². The first-order valence-electron chi connectivity index (χ1n) is 10.8. The fraction of sp³-hybridized carbons (Fsp3) is 0.286. The highest BCUT2D eigenvalue weighted by Gasteiger charge is 2.08. The number of thioether (sulfide) groups is 2. The van der Waals surface area contributed by atoms with Gasteiger partial charge in [-0.05, 0) is 83.3 Å². The van der Waals surface area contributed by atoms with Crippen molar-refractivity contribution in [3.05, 3.63) is 85.0 Å². The Morgan fingerprint density at radius 1 is 0.710 bits per heavy atom. The molecule has 31 heavy (non-hydrogen) atoms. The van der Waals surface area contributed by atoms with Gasteiger partial charge < -0.3 is 4.74 Å². The van der Waals surface area contributed by atoms with E-state index in [4.69, 9.17) is 4.74 Å². The molecule has 0 saturated carbocycles. The topological polar surface area (TPSA) is 9.23 Å². The van der Waals surface area contributed by atoms with E-state index >= 15 is 0 Å². The molecule has 0 aliphatic carbocycles. The minimum absolute atomic E-state index is 0.296. The van der Waals surface area contributed by atoms with Crippen LogP contribution in [0.4, 0.5) is 0 Å². The van der Waals surface area contributed by atoms with Gasteiger partial charge in [0.1, 0.15) is 12.2 Å². The van der Waals surface area contributed by atoms with Crippen molar-refractivity contribution in [3.63, 3.8) is 0 Å². The molecule has 0 spiro atoms. The maximum atomic E-state index is 6.27. The molecule has 2 rings (SSSR count). The molecule has 3 heteroatoms. The average Bonchev–Trinajstić information content (AvgIpc) is 2.80. The second-order valence-corrected chi connectivity index (χ2v) is 8.49. The van der Waals surface area contributed by atoms with E-state index in [1.54, 1.807) is 0 Å². The Morgan fingerprint density at radius 3 is 1.52 bits per heavy atom. The van der Waals surface area contributed by atoms with Crippen LogP contribution in [-0.4, -0.2) is 12.2 Å². The van der Waals surface area contributed by atoms with Gasteiger partial charge >= 0.3 is 0 Å². The molecular formula is C28H30OS2. The first-order chi connectivity index (χ1) is 15.3. The Morgan fingerprint density at radius 2 is 1.13 bits per heavy atom. The normalized spacial score (nSPS) is 12.7. The molecule has 2 aromatic rings. The van der Waals surface area contributed by atoms with E-state index < -0.39 is 0 Å². The van der Waals surface area contributed by atoms with E-state index in [2.05, 4.69) is 84.8 Å². The van der Waals surface area contributed by atoms with Gasteiger partial charge in [0.2, 0.25) is 0 Å². The minimum atomic E-state index is -0.296. The molecule has 0 heterocycles. The van der Waals surface area contributed by atoms with E-state index in [1.807, 2.05) is 36.4 Å². The van der Waals surface area contributed by atoms with Crippen LogP contribution in [0.25, 0.3) is 0 Å². The fourth-order valence-corrected chi connectivity index (χ4v) is 3.63. The molecule has 0 saturated heterocycles. The van der Waals surface area contributed by atoms with Crippen LogP contribution in [0.2, 0.25) is 0 Å². The number of unbranched alkanes of at least 4 members (excludes halogenated alkanes) is 2. The van der Waals surface area contributed by atoms with Crippen LogP contribution in [0.1, 0.15) is 39.5 Å². The summed E-state index contributed by atoms with van der Waals surface area (Å²) in [6.45, 7) is 4.33. The molecule has 1 nitrogen and oxygen atoms in total. The van der Waals surface area contributed by atoms with E-state index in [9.17, 15) is 0 Å². The average molecular weight is 447 g/mol. The van der Waals surface area contributed by atoms with Crippen LogP contribution in [0, 0.1) is 22.3 Å². The van der Waals surface area contributed by atoms with Gasteiger partial charge in [0, 0.05) is 9.79 Å². The summed E-state index contributed by atoms with van der Waals surface area (Å²) in [6, 6.07) is 20.3. The third kappa shape index (κ3) is 11.6. The molecule has 160 valence electrons. The third-order valence-electron chi connectivity index (χ3n) is 4.05. The largest absolute Gasteiger partial charge is 0.341 e. The SMILES string of the molecule is CCC/C=C/C(C#CSc1ccccc1)OC(C#CSc1ccccc1)/C=C/CCC. The van der Waals surface area contributed by atoms with Crippen LogP contribution in [0.15, 0.2) is 94.8 Å². The molecule has 0 radical (unpaired) electrons. The maximum absolute atomic E-state index is 6.27. The number of rotatable bonds is 10. The van der Waals surface area contributed by atoms with Crippen molar-refractivity contribution in [3.8, 4) is 22.3 Å². The molecule has 0 amide bonds. The maximum Gasteiger partial charge on any atom is 0.139 e. The molecule has 0 aromatic heterocycles. The van der Waals surface area contributed by atoms with Crippen molar-refractivity contribution < 1.29 is 4.74 Å². The lowest BCUT2D eigenvalue weighted by atomic mass is 10.2. The highest BCUT2D eigenvalue weighted by atomic mass is 32.2. The molecule has 2 aromatic carbocycles. The van der Waals surface area contributed by atoms with Gasteiger partial charge in [-0.2, -0.15) is 0 Å². The van der Waals surface area contributed by atoms with Crippen LogP contribution < -0.4 is 0 Å². The van der Waals surface area contributed by atoms with Crippen molar-refractivity contribution in [2.24, 2.45) is 0 Å². The zero-order valence-electron chi connectivity index (χ0n) is 18.3. The van der Waals surface area contributed by atoms with Gasteiger partial charge in [-0.15, -0.1) is 0 Å². The summed E-state index contributed by atoms with van der Waals surface area (Å²) in [6.07, 6.45) is 12.0.